The fourth-order valence-corrected chi connectivity index (χ4v) is 4.12. The number of carbonyl (C=O) groups excluding carboxylic acids is 2. The van der Waals surface area contributed by atoms with Crippen LogP contribution in [0.3, 0.4) is 0 Å². The summed E-state index contributed by atoms with van der Waals surface area (Å²) in [6.07, 6.45) is 0.658. The largest absolute Gasteiger partial charge is 0.457 e. The van der Waals surface area contributed by atoms with Crippen molar-refractivity contribution in [1.29, 1.82) is 10.5 Å². The number of benzene rings is 3. The molecule has 0 unspecified atom stereocenters. The molecule has 1 heterocycles. The maximum Gasteiger partial charge on any atom is 0.410 e. The van der Waals surface area contributed by atoms with Crippen molar-refractivity contribution in [2.45, 2.75) is 39.2 Å². The molecule has 4 rings (SSSR count). The third-order valence-corrected chi connectivity index (χ3v) is 6.10. The zero-order valence-electron chi connectivity index (χ0n) is 22.6. The van der Waals surface area contributed by atoms with Gasteiger partial charge >= 0.3 is 6.09 Å². The van der Waals surface area contributed by atoms with Crippen LogP contribution in [0.1, 0.15) is 44.7 Å². The first-order chi connectivity index (χ1) is 19.1. The van der Waals surface area contributed by atoms with Crippen molar-refractivity contribution in [3.8, 4) is 35.1 Å². The number of ether oxygens (including phenoxy) is 3. The Kier molecular flexibility index (Phi) is 8.56. The third-order valence-electron chi connectivity index (χ3n) is 6.10. The lowest BCUT2D eigenvalue weighted by atomic mass is 9.96. The van der Waals surface area contributed by atoms with Gasteiger partial charge in [0.05, 0.1) is 23.3 Å². The molecule has 2 amide bonds. The van der Waals surface area contributed by atoms with Gasteiger partial charge in [0.25, 0.3) is 0 Å². The molecule has 1 saturated heterocycles. The maximum absolute atomic E-state index is 13.2. The van der Waals surface area contributed by atoms with Gasteiger partial charge in [0.1, 0.15) is 28.6 Å². The van der Waals surface area contributed by atoms with Gasteiger partial charge in [-0.05, 0) is 82.1 Å². The Bertz CT molecular complexity index is 1360. The monoisotopic (exact) mass is 538 g/mol. The zero-order chi connectivity index (χ0) is 28.7. The Morgan fingerprint density at radius 3 is 1.70 bits per heavy atom. The van der Waals surface area contributed by atoms with E-state index < -0.39 is 5.60 Å². The second-order valence-corrected chi connectivity index (χ2v) is 10.4. The molecule has 1 aliphatic rings. The van der Waals surface area contributed by atoms with Crippen LogP contribution in [-0.2, 0) is 9.53 Å². The molecule has 40 heavy (non-hydrogen) atoms. The summed E-state index contributed by atoms with van der Waals surface area (Å²) < 4.78 is 17.4. The predicted octanol–water partition coefficient (Wildman–Crippen LogP) is 6.60. The van der Waals surface area contributed by atoms with Crippen LogP contribution in [-0.4, -0.2) is 35.6 Å². The van der Waals surface area contributed by atoms with E-state index in [1.54, 1.807) is 71.6 Å². The average molecular weight is 539 g/mol. The molecule has 0 bridgehead atoms. The summed E-state index contributed by atoms with van der Waals surface area (Å²) in [5.74, 6) is 1.44. The molecule has 9 heteroatoms. The average Bonchev–Trinajstić information content (AvgIpc) is 2.93. The molecule has 3 aromatic rings. The number of hydrogen-bond donors (Lipinski definition) is 1. The number of piperidine rings is 1. The van der Waals surface area contributed by atoms with E-state index >= 15 is 0 Å². The molecule has 0 saturated carbocycles. The molecule has 9 nitrogen and oxygen atoms in total. The smallest absolute Gasteiger partial charge is 0.410 e. The fraction of sp³-hybridized carbons (Fsp3) is 0.290. The van der Waals surface area contributed by atoms with Crippen molar-refractivity contribution < 1.29 is 23.8 Å². The minimum atomic E-state index is -0.576. The minimum Gasteiger partial charge on any atom is -0.457 e. The van der Waals surface area contributed by atoms with Gasteiger partial charge in [-0.2, -0.15) is 10.5 Å². The first-order valence-electron chi connectivity index (χ1n) is 12.9. The number of nitrogens with one attached hydrogen (secondary N) is 1. The highest BCUT2D eigenvalue weighted by atomic mass is 16.6. The normalized spacial score (nSPS) is 13.5. The zero-order valence-corrected chi connectivity index (χ0v) is 22.6. The lowest BCUT2D eigenvalue weighted by molar-refractivity contribution is -0.121. The molecule has 0 spiro atoms. The van der Waals surface area contributed by atoms with Gasteiger partial charge in [0.2, 0.25) is 5.91 Å². The molecule has 0 aromatic heterocycles. The molecule has 1 fully saturated rings. The van der Waals surface area contributed by atoms with Gasteiger partial charge in [-0.15, -0.1) is 0 Å². The number of carbonyl (C=O) groups is 2. The van der Waals surface area contributed by atoms with Gasteiger partial charge < -0.3 is 24.4 Å². The Morgan fingerprint density at radius 2 is 1.27 bits per heavy atom. The van der Waals surface area contributed by atoms with E-state index in [-0.39, 0.29) is 17.9 Å². The highest BCUT2D eigenvalue weighted by Gasteiger charge is 2.30. The highest BCUT2D eigenvalue weighted by molar-refractivity contribution is 5.93. The van der Waals surface area contributed by atoms with E-state index in [1.165, 1.54) is 0 Å². The number of nitrogens with zero attached hydrogens (tertiary/aromatic N) is 3. The Labute approximate surface area is 233 Å². The van der Waals surface area contributed by atoms with Gasteiger partial charge in [-0.1, -0.05) is 0 Å². The SMILES string of the molecule is CC(C)(C)OC(=O)N1CCC(C(=O)Nc2cc(Oc3ccc(C#N)cc3)cc(Oc3ccc(C#N)cc3)c2)CC1. The van der Waals surface area contributed by atoms with Crippen molar-refractivity contribution in [2.24, 2.45) is 5.92 Å². The van der Waals surface area contributed by atoms with Crippen molar-refractivity contribution in [1.82, 2.24) is 4.90 Å². The second kappa shape index (κ2) is 12.2. The van der Waals surface area contributed by atoms with Crippen LogP contribution >= 0.6 is 0 Å². The summed E-state index contributed by atoms with van der Waals surface area (Å²) in [6, 6.07) is 22.6. The van der Waals surface area contributed by atoms with Crippen LogP contribution in [0.2, 0.25) is 0 Å². The van der Waals surface area contributed by atoms with Crippen LogP contribution in [0, 0.1) is 28.6 Å². The first-order valence-corrected chi connectivity index (χ1v) is 12.9. The number of anilines is 1. The van der Waals surface area contributed by atoms with Crippen LogP contribution in [0.4, 0.5) is 10.5 Å². The third kappa shape index (κ3) is 7.75. The van der Waals surface area contributed by atoms with E-state index in [0.717, 1.165) is 0 Å². The van der Waals surface area contributed by atoms with E-state index in [9.17, 15) is 9.59 Å². The second-order valence-electron chi connectivity index (χ2n) is 10.4. The summed E-state index contributed by atoms with van der Waals surface area (Å²) >= 11 is 0. The lowest BCUT2D eigenvalue weighted by Crippen LogP contribution is -2.43. The first kappa shape index (κ1) is 28.0. The number of likely N-dealkylation sites (tertiary alicyclic amines) is 1. The number of rotatable bonds is 6. The molecule has 1 aliphatic heterocycles. The Balaban J connectivity index is 1.48. The molecule has 3 aromatic carbocycles. The van der Waals surface area contributed by atoms with Crippen molar-refractivity contribution in [3.05, 3.63) is 77.9 Å². The van der Waals surface area contributed by atoms with Crippen LogP contribution in [0.25, 0.3) is 0 Å². The van der Waals surface area contributed by atoms with Crippen LogP contribution in [0.15, 0.2) is 66.7 Å². The van der Waals surface area contributed by atoms with Crippen molar-refractivity contribution in [2.75, 3.05) is 18.4 Å². The van der Waals surface area contributed by atoms with Crippen LogP contribution in [0.5, 0.6) is 23.0 Å². The standard InChI is InChI=1S/C31H30N4O5/c1-31(2,3)40-30(37)35-14-12-23(13-15-35)29(36)34-24-16-27(38-25-8-4-21(19-32)5-9-25)18-28(17-24)39-26-10-6-22(20-33)7-11-26/h4-11,16-18,23H,12-15H2,1-3H3,(H,34,36). The number of amides is 2. The molecule has 1 N–H and O–H groups in total. The predicted molar refractivity (Wildman–Crippen MR) is 148 cm³/mol. The minimum absolute atomic E-state index is 0.163. The summed E-state index contributed by atoms with van der Waals surface area (Å²) in [4.78, 5) is 27.2. The molecule has 0 aliphatic carbocycles. The van der Waals surface area contributed by atoms with Crippen molar-refractivity contribution in [3.63, 3.8) is 0 Å². The molecule has 204 valence electrons. The van der Waals surface area contributed by atoms with Crippen LogP contribution < -0.4 is 14.8 Å². The topological polar surface area (TPSA) is 125 Å². The molecule has 0 radical (unpaired) electrons. The van der Waals surface area contributed by atoms with E-state index in [1.807, 2.05) is 20.8 Å². The van der Waals surface area contributed by atoms with E-state index in [2.05, 4.69) is 17.5 Å². The number of hydrogen-bond acceptors (Lipinski definition) is 7. The Morgan fingerprint density at radius 1 is 0.800 bits per heavy atom. The molecular weight excluding hydrogens is 508 g/mol. The quantitative estimate of drug-likeness (QED) is 0.375. The van der Waals surface area contributed by atoms with Gasteiger partial charge in [0.15, 0.2) is 0 Å². The maximum atomic E-state index is 13.2. The molecular formula is C31H30N4O5. The summed E-state index contributed by atoms with van der Waals surface area (Å²) in [6.45, 7) is 6.33. The van der Waals surface area contributed by atoms with Gasteiger partial charge in [0, 0.05) is 42.9 Å². The Hall–Kier alpha value is -5.02. The summed E-state index contributed by atoms with van der Waals surface area (Å²) in [5.41, 5.74) is 0.925. The summed E-state index contributed by atoms with van der Waals surface area (Å²) in [5, 5.41) is 21.1. The van der Waals surface area contributed by atoms with Gasteiger partial charge in [-0.25, -0.2) is 4.79 Å². The molecule has 0 atom stereocenters. The fourth-order valence-electron chi connectivity index (χ4n) is 4.12. The summed E-state index contributed by atoms with van der Waals surface area (Å²) in [7, 11) is 0. The van der Waals surface area contributed by atoms with Crippen molar-refractivity contribution >= 4 is 17.7 Å². The lowest BCUT2D eigenvalue weighted by Gasteiger charge is -2.33. The van der Waals surface area contributed by atoms with E-state index in [4.69, 9.17) is 24.7 Å². The van der Waals surface area contributed by atoms with Gasteiger partial charge in [-0.3, -0.25) is 4.79 Å². The number of nitriles is 2. The van der Waals surface area contributed by atoms with E-state index in [0.29, 0.717) is 65.7 Å². The highest BCUT2D eigenvalue weighted by Crippen LogP contribution is 2.33.